The summed E-state index contributed by atoms with van der Waals surface area (Å²) in [5.41, 5.74) is 3.42. The molecule has 0 spiro atoms. The predicted molar refractivity (Wildman–Crippen MR) is 178 cm³/mol. The first-order valence-electron chi connectivity index (χ1n) is 16.2. The Kier molecular flexibility index (Phi) is 8.49. The van der Waals surface area contributed by atoms with Crippen LogP contribution in [0.1, 0.15) is 62.0 Å². The van der Waals surface area contributed by atoms with Gasteiger partial charge in [-0.05, 0) is 74.6 Å². The number of halogens is 2. The van der Waals surface area contributed by atoms with Gasteiger partial charge in [-0.3, -0.25) is 9.48 Å². The van der Waals surface area contributed by atoms with E-state index in [-0.39, 0.29) is 29.6 Å². The Morgan fingerprint density at radius 1 is 1.12 bits per heavy atom. The molecule has 1 aliphatic heterocycles. The van der Waals surface area contributed by atoms with Crippen LogP contribution in [-0.4, -0.2) is 47.4 Å². The number of aliphatic carboxylic acids is 1. The molecule has 7 rings (SSSR count). The predicted octanol–water partition coefficient (Wildman–Crippen LogP) is 7.64. The summed E-state index contributed by atoms with van der Waals surface area (Å²) >= 11 is 0. The third-order valence-electron chi connectivity index (χ3n) is 9.09. The van der Waals surface area contributed by atoms with Crippen molar-refractivity contribution in [2.45, 2.75) is 58.2 Å². The summed E-state index contributed by atoms with van der Waals surface area (Å²) in [6.07, 6.45) is 7.00. The third kappa shape index (κ3) is 6.56. The van der Waals surface area contributed by atoms with Crippen molar-refractivity contribution in [1.82, 2.24) is 29.8 Å². The van der Waals surface area contributed by atoms with E-state index in [0.717, 1.165) is 16.5 Å². The molecule has 4 heterocycles. The fourth-order valence-corrected chi connectivity index (χ4v) is 6.34. The van der Waals surface area contributed by atoms with Gasteiger partial charge in [0.2, 0.25) is 0 Å². The highest BCUT2D eigenvalue weighted by Gasteiger charge is 2.27. The lowest BCUT2D eigenvalue weighted by Crippen LogP contribution is -2.23. The standard InChI is InChI=1S/C37H36F2N6O4/c1-22(36(46)47)16-23-6-4-7-24(17-23)33-8-5-15-48-37(2,3)34-21-44(43-41-34)20-28-26-11-13-40-32(26)19-30(39)35(28)49-25-9-10-29(38)27(18-25)31-12-14-45(33)42-31/h4,6-7,9-14,17-19,21-22,33,40H,5,8,15-16,20H2,1-3H3,(H,46,47). The normalized spacial score (nSPS) is 17.0. The van der Waals surface area contributed by atoms with E-state index >= 15 is 8.78 Å². The Morgan fingerprint density at radius 2 is 1.98 bits per heavy atom. The van der Waals surface area contributed by atoms with Crippen molar-refractivity contribution in [3.63, 3.8) is 0 Å². The second-order valence-corrected chi connectivity index (χ2v) is 13.0. The molecule has 3 aromatic carbocycles. The van der Waals surface area contributed by atoms with E-state index < -0.39 is 29.1 Å². The molecule has 0 amide bonds. The van der Waals surface area contributed by atoms with E-state index in [2.05, 4.69) is 15.3 Å². The van der Waals surface area contributed by atoms with Crippen LogP contribution < -0.4 is 4.74 Å². The quantitative estimate of drug-likeness (QED) is 0.198. The molecule has 3 aromatic heterocycles. The number of hydrogen-bond acceptors (Lipinski definition) is 6. The van der Waals surface area contributed by atoms with E-state index in [1.54, 1.807) is 40.9 Å². The Bertz CT molecular complexity index is 2150. The van der Waals surface area contributed by atoms with Crippen LogP contribution in [0.2, 0.25) is 0 Å². The van der Waals surface area contributed by atoms with Gasteiger partial charge < -0.3 is 19.6 Å². The second kappa shape index (κ2) is 12.9. The van der Waals surface area contributed by atoms with Crippen LogP contribution >= 0.6 is 0 Å². The Hall–Kier alpha value is -5.36. The van der Waals surface area contributed by atoms with Gasteiger partial charge in [0.1, 0.15) is 22.9 Å². The van der Waals surface area contributed by atoms with Gasteiger partial charge in [0, 0.05) is 47.1 Å². The highest BCUT2D eigenvalue weighted by molar-refractivity contribution is 5.85. The topological polar surface area (TPSA) is 120 Å². The molecule has 1 aliphatic rings. The molecule has 2 unspecified atom stereocenters. The lowest BCUT2D eigenvalue weighted by atomic mass is 9.95. The van der Waals surface area contributed by atoms with Crippen molar-refractivity contribution in [2.24, 2.45) is 5.92 Å². The molecule has 10 nitrogen and oxygen atoms in total. The average molecular weight is 667 g/mol. The number of aromatic amines is 1. The van der Waals surface area contributed by atoms with E-state index in [1.807, 2.05) is 44.2 Å². The summed E-state index contributed by atoms with van der Waals surface area (Å²) in [7, 11) is 0. The third-order valence-corrected chi connectivity index (χ3v) is 9.09. The molecular formula is C37H36F2N6O4. The molecule has 12 heteroatoms. The summed E-state index contributed by atoms with van der Waals surface area (Å²) in [4.78, 5) is 14.6. The Morgan fingerprint density at radius 3 is 2.82 bits per heavy atom. The molecular weight excluding hydrogens is 630 g/mol. The summed E-state index contributed by atoms with van der Waals surface area (Å²) in [6.45, 7) is 6.11. The smallest absolute Gasteiger partial charge is 0.306 e. The van der Waals surface area contributed by atoms with Crippen molar-refractivity contribution in [1.29, 1.82) is 0 Å². The van der Waals surface area contributed by atoms with Gasteiger partial charge in [-0.15, -0.1) is 5.10 Å². The number of carboxylic acids is 1. The van der Waals surface area contributed by atoms with Gasteiger partial charge in [-0.1, -0.05) is 36.4 Å². The van der Waals surface area contributed by atoms with Crippen molar-refractivity contribution in [3.05, 3.63) is 113 Å². The summed E-state index contributed by atoms with van der Waals surface area (Å²) < 4.78 is 47.1. The average Bonchev–Trinajstić information content (AvgIpc) is 3.85. The highest BCUT2D eigenvalue weighted by Crippen LogP contribution is 2.37. The van der Waals surface area contributed by atoms with Crippen LogP contribution in [0.3, 0.4) is 0 Å². The molecule has 2 atom stereocenters. The molecule has 0 saturated heterocycles. The number of fused-ring (bicyclic) bond motifs is 10. The zero-order valence-corrected chi connectivity index (χ0v) is 27.4. The lowest BCUT2D eigenvalue weighted by Gasteiger charge is -2.24. The van der Waals surface area contributed by atoms with Gasteiger partial charge in [0.25, 0.3) is 0 Å². The first-order chi connectivity index (χ1) is 23.6. The van der Waals surface area contributed by atoms with E-state index in [4.69, 9.17) is 14.6 Å². The second-order valence-electron chi connectivity index (χ2n) is 13.0. The van der Waals surface area contributed by atoms with E-state index in [9.17, 15) is 9.90 Å². The van der Waals surface area contributed by atoms with Crippen molar-refractivity contribution in [2.75, 3.05) is 6.61 Å². The molecule has 0 aliphatic carbocycles. The monoisotopic (exact) mass is 666 g/mol. The number of benzene rings is 3. The minimum atomic E-state index is -0.856. The first kappa shape index (κ1) is 32.2. The van der Waals surface area contributed by atoms with Crippen molar-refractivity contribution < 1.29 is 28.2 Å². The maximum atomic E-state index is 15.7. The zero-order valence-electron chi connectivity index (χ0n) is 27.4. The highest BCUT2D eigenvalue weighted by atomic mass is 19.1. The molecule has 0 radical (unpaired) electrons. The number of hydrogen-bond donors (Lipinski definition) is 2. The molecule has 49 heavy (non-hydrogen) atoms. The Balaban J connectivity index is 1.32. The fraction of sp³-hybridized carbons (Fsp3) is 0.297. The van der Waals surface area contributed by atoms with Gasteiger partial charge in [-0.25, -0.2) is 13.5 Å². The summed E-state index contributed by atoms with van der Waals surface area (Å²) in [6, 6.07) is 16.8. The maximum Gasteiger partial charge on any atom is 0.306 e. The molecule has 2 N–H and O–H groups in total. The largest absolute Gasteiger partial charge is 0.481 e. The van der Waals surface area contributed by atoms with Crippen LogP contribution in [0.15, 0.2) is 79.3 Å². The van der Waals surface area contributed by atoms with Gasteiger partial charge in [0.05, 0.1) is 30.4 Å². The first-order valence-corrected chi connectivity index (χ1v) is 16.2. The van der Waals surface area contributed by atoms with Gasteiger partial charge in [0.15, 0.2) is 11.6 Å². The number of nitrogens with one attached hydrogen (secondary N) is 1. The van der Waals surface area contributed by atoms with Crippen LogP contribution in [-0.2, 0) is 28.1 Å². The van der Waals surface area contributed by atoms with Gasteiger partial charge in [-0.2, -0.15) is 5.10 Å². The molecule has 0 fully saturated rings. The molecule has 6 aromatic rings. The number of rotatable bonds is 4. The van der Waals surface area contributed by atoms with Crippen LogP contribution in [0, 0.1) is 17.6 Å². The van der Waals surface area contributed by atoms with Gasteiger partial charge >= 0.3 is 5.97 Å². The lowest BCUT2D eigenvalue weighted by molar-refractivity contribution is -0.141. The molecule has 0 saturated carbocycles. The van der Waals surface area contributed by atoms with Crippen molar-refractivity contribution in [3.8, 4) is 22.8 Å². The Labute approximate surface area is 281 Å². The maximum absolute atomic E-state index is 15.7. The minimum absolute atomic E-state index is 0.00201. The number of ether oxygens (including phenoxy) is 2. The van der Waals surface area contributed by atoms with E-state index in [1.165, 1.54) is 24.3 Å². The van der Waals surface area contributed by atoms with Crippen LogP contribution in [0.5, 0.6) is 11.5 Å². The number of carbonyl (C=O) groups is 1. The number of nitrogens with zero attached hydrogens (tertiary/aromatic N) is 5. The van der Waals surface area contributed by atoms with E-state index in [0.29, 0.717) is 48.3 Å². The SMILES string of the molecule is CC(Cc1cccc(C2CCCOC(C)(C)c3cn(nn3)Cc3c(c(F)cc4[nH]ccc34)Oc3ccc(F)c(c3)-c3ccn2n3)c1)C(=O)O. The molecule has 6 bridgehead atoms. The van der Waals surface area contributed by atoms with Crippen LogP contribution in [0.4, 0.5) is 8.78 Å². The summed E-state index contributed by atoms with van der Waals surface area (Å²) in [5, 5.41) is 23.8. The molecule has 252 valence electrons. The minimum Gasteiger partial charge on any atom is -0.481 e. The number of H-pyrrole nitrogens is 1. The number of aromatic nitrogens is 6. The van der Waals surface area contributed by atoms with Crippen molar-refractivity contribution >= 4 is 16.9 Å². The summed E-state index contributed by atoms with van der Waals surface area (Å²) in [5.74, 6) is -2.25. The number of carboxylic acid groups (broad SMARTS) is 1. The fourth-order valence-electron chi connectivity index (χ4n) is 6.34. The van der Waals surface area contributed by atoms with Crippen LogP contribution in [0.25, 0.3) is 22.2 Å². The zero-order chi connectivity index (χ0) is 34.3.